The molecule has 1 saturated heterocycles. The maximum atomic E-state index is 12.6. The molecule has 0 aliphatic carbocycles. The number of carbonyl (C=O) groups excluding carboxylic acids is 1. The highest BCUT2D eigenvalue weighted by Crippen LogP contribution is 2.32. The van der Waals surface area contributed by atoms with Gasteiger partial charge in [-0.1, -0.05) is 30.1 Å². The lowest BCUT2D eigenvalue weighted by atomic mass is 9.99. The van der Waals surface area contributed by atoms with Crippen LogP contribution in [0.3, 0.4) is 0 Å². The van der Waals surface area contributed by atoms with Gasteiger partial charge in [-0.25, -0.2) is 13.6 Å². The summed E-state index contributed by atoms with van der Waals surface area (Å²) in [6.07, 6.45) is 1.96. The van der Waals surface area contributed by atoms with E-state index >= 15 is 0 Å². The molecule has 0 bridgehead atoms. The van der Waals surface area contributed by atoms with Crippen molar-refractivity contribution in [1.82, 2.24) is 4.90 Å². The van der Waals surface area contributed by atoms with E-state index in [1.165, 1.54) is 12.1 Å². The van der Waals surface area contributed by atoms with E-state index in [0.29, 0.717) is 19.0 Å². The molecule has 2 rings (SSSR count). The van der Waals surface area contributed by atoms with E-state index in [1.807, 2.05) is 0 Å². The van der Waals surface area contributed by atoms with Gasteiger partial charge in [-0.3, -0.25) is 4.79 Å². The van der Waals surface area contributed by atoms with Gasteiger partial charge in [0.05, 0.1) is 15.6 Å². The average molecular weight is 351 g/mol. The molecule has 0 saturated carbocycles. The molecule has 0 radical (unpaired) electrons. The summed E-state index contributed by atoms with van der Waals surface area (Å²) in [6, 6.07) is 2.53. The number of halogens is 2. The van der Waals surface area contributed by atoms with Crippen molar-refractivity contribution in [3.8, 4) is 0 Å². The number of nitrogens with two attached hydrogens (primary N) is 1. The Bertz CT molecular complexity index is 676. The van der Waals surface area contributed by atoms with E-state index in [9.17, 15) is 13.2 Å². The average Bonchev–Trinajstić information content (AvgIpc) is 2.37. The van der Waals surface area contributed by atoms with Crippen molar-refractivity contribution in [2.24, 2.45) is 11.1 Å². The molecule has 0 spiro atoms. The number of hydrogen-bond acceptors (Lipinski definition) is 3. The Labute approximate surface area is 134 Å². The quantitative estimate of drug-likeness (QED) is 0.889. The molecular formula is C13H16Cl2N2O3S. The molecule has 1 aromatic carbocycles. The smallest absolute Gasteiger partial charge is 0.256 e. The van der Waals surface area contributed by atoms with E-state index in [4.69, 9.17) is 28.3 Å². The molecule has 1 unspecified atom stereocenters. The number of likely N-dealkylation sites (tertiary alicyclic amines) is 1. The van der Waals surface area contributed by atoms with Crippen LogP contribution in [0.25, 0.3) is 0 Å². The number of carbonyl (C=O) groups is 1. The molecule has 1 aliphatic heterocycles. The molecule has 1 aliphatic rings. The lowest BCUT2D eigenvalue weighted by molar-refractivity contribution is 0.0683. The van der Waals surface area contributed by atoms with Crippen LogP contribution in [-0.4, -0.2) is 32.3 Å². The summed E-state index contributed by atoms with van der Waals surface area (Å²) in [5.41, 5.74) is -0.000965. The second kappa shape index (κ2) is 6.12. The van der Waals surface area contributed by atoms with Crippen LogP contribution in [0.15, 0.2) is 17.0 Å². The summed E-state index contributed by atoms with van der Waals surface area (Å²) >= 11 is 12.1. The van der Waals surface area contributed by atoms with Crippen LogP contribution in [0.4, 0.5) is 0 Å². The van der Waals surface area contributed by atoms with Crippen molar-refractivity contribution < 1.29 is 13.2 Å². The highest BCUT2D eigenvalue weighted by atomic mass is 35.5. The number of sulfonamides is 1. The van der Waals surface area contributed by atoms with Gasteiger partial charge in [-0.05, 0) is 30.9 Å². The molecule has 1 atom stereocenters. The number of nitrogens with zero attached hydrogens (tertiary/aromatic N) is 1. The van der Waals surface area contributed by atoms with E-state index in [1.54, 1.807) is 4.90 Å². The minimum absolute atomic E-state index is 0.000965. The topological polar surface area (TPSA) is 80.5 Å². The summed E-state index contributed by atoms with van der Waals surface area (Å²) in [7, 11) is -4.01. The molecule has 116 valence electrons. The largest absolute Gasteiger partial charge is 0.338 e. The summed E-state index contributed by atoms with van der Waals surface area (Å²) < 4.78 is 23.0. The second-order valence-electron chi connectivity index (χ2n) is 5.28. The fourth-order valence-electron chi connectivity index (χ4n) is 2.48. The van der Waals surface area contributed by atoms with Crippen LogP contribution in [-0.2, 0) is 10.0 Å². The summed E-state index contributed by atoms with van der Waals surface area (Å²) in [6.45, 7) is 3.27. The van der Waals surface area contributed by atoms with Crippen LogP contribution in [0.5, 0.6) is 0 Å². The summed E-state index contributed by atoms with van der Waals surface area (Å²) in [4.78, 5) is 13.9. The highest BCUT2D eigenvalue weighted by Gasteiger charge is 2.28. The first-order valence-electron chi connectivity index (χ1n) is 6.52. The zero-order valence-electron chi connectivity index (χ0n) is 11.5. The maximum Gasteiger partial charge on any atom is 0.256 e. The van der Waals surface area contributed by atoms with E-state index < -0.39 is 10.0 Å². The van der Waals surface area contributed by atoms with E-state index in [2.05, 4.69) is 6.92 Å². The molecular weight excluding hydrogens is 335 g/mol. The first-order valence-corrected chi connectivity index (χ1v) is 8.82. The molecule has 8 heteroatoms. The van der Waals surface area contributed by atoms with Gasteiger partial charge >= 0.3 is 0 Å². The molecule has 21 heavy (non-hydrogen) atoms. The van der Waals surface area contributed by atoms with Crippen LogP contribution in [0.1, 0.15) is 30.1 Å². The Morgan fingerprint density at radius 3 is 2.62 bits per heavy atom. The Hall–Kier alpha value is -0.820. The van der Waals surface area contributed by atoms with Gasteiger partial charge in [0.25, 0.3) is 5.91 Å². The molecule has 1 amide bonds. The zero-order chi connectivity index (χ0) is 15.8. The lowest BCUT2D eigenvalue weighted by Crippen LogP contribution is -2.39. The number of rotatable bonds is 2. The predicted molar refractivity (Wildman–Crippen MR) is 82.1 cm³/mol. The van der Waals surface area contributed by atoms with Crippen molar-refractivity contribution in [2.75, 3.05) is 13.1 Å². The molecule has 1 fully saturated rings. The third-order valence-corrected chi connectivity index (χ3v) is 5.29. The first kappa shape index (κ1) is 16.5. The van der Waals surface area contributed by atoms with Crippen LogP contribution >= 0.6 is 23.2 Å². The van der Waals surface area contributed by atoms with Crippen molar-refractivity contribution >= 4 is 39.1 Å². The van der Waals surface area contributed by atoms with Gasteiger partial charge in [0, 0.05) is 13.1 Å². The highest BCUT2D eigenvalue weighted by molar-refractivity contribution is 7.89. The van der Waals surface area contributed by atoms with Gasteiger partial charge in [0.2, 0.25) is 10.0 Å². The minimum atomic E-state index is -4.01. The Morgan fingerprint density at radius 1 is 1.38 bits per heavy atom. The Morgan fingerprint density at radius 2 is 2.05 bits per heavy atom. The molecule has 5 nitrogen and oxygen atoms in total. The third-order valence-electron chi connectivity index (χ3n) is 3.52. The van der Waals surface area contributed by atoms with Crippen LogP contribution in [0, 0.1) is 5.92 Å². The normalized spacial score (nSPS) is 19.6. The molecule has 1 heterocycles. The second-order valence-corrected chi connectivity index (χ2v) is 7.59. The summed E-state index contributed by atoms with van der Waals surface area (Å²) in [5, 5.41) is 5.00. The number of amides is 1. The van der Waals surface area contributed by atoms with Gasteiger partial charge in [-0.15, -0.1) is 0 Å². The van der Waals surface area contributed by atoms with Crippen LogP contribution < -0.4 is 5.14 Å². The van der Waals surface area contributed by atoms with Gasteiger partial charge < -0.3 is 4.90 Å². The van der Waals surface area contributed by atoms with Crippen molar-refractivity contribution in [2.45, 2.75) is 24.7 Å². The van der Waals surface area contributed by atoms with Gasteiger partial charge in [0.1, 0.15) is 4.90 Å². The molecule has 2 N–H and O–H groups in total. The van der Waals surface area contributed by atoms with Gasteiger partial charge in [-0.2, -0.15) is 0 Å². The predicted octanol–water partition coefficient (Wildman–Crippen LogP) is 2.51. The van der Waals surface area contributed by atoms with Crippen molar-refractivity contribution in [1.29, 1.82) is 0 Å². The zero-order valence-corrected chi connectivity index (χ0v) is 13.8. The number of hydrogen-bond donors (Lipinski definition) is 1. The fourth-order valence-corrected chi connectivity index (χ4v) is 3.95. The number of primary sulfonamides is 1. The van der Waals surface area contributed by atoms with E-state index in [-0.39, 0.29) is 26.4 Å². The fraction of sp³-hybridized carbons (Fsp3) is 0.462. The Balaban J connectivity index is 2.46. The van der Waals surface area contributed by atoms with E-state index in [0.717, 1.165) is 12.8 Å². The molecule has 1 aromatic rings. The maximum absolute atomic E-state index is 12.6. The van der Waals surface area contributed by atoms with Crippen molar-refractivity contribution in [3.05, 3.63) is 27.7 Å². The standard InChI is InChI=1S/C13H16Cl2N2O3S/c1-8-3-2-6-17(7-8)13(18)11-9(14)4-5-10(12(11)15)21(16,19)20/h4-5,8H,2-3,6-7H2,1H3,(H2,16,19,20). The van der Waals surface area contributed by atoms with Crippen LogP contribution in [0.2, 0.25) is 10.0 Å². The lowest BCUT2D eigenvalue weighted by Gasteiger charge is -2.31. The monoisotopic (exact) mass is 350 g/mol. The third kappa shape index (κ3) is 3.51. The first-order chi connectivity index (χ1) is 9.71. The molecule has 0 aromatic heterocycles. The Kier molecular flexibility index (Phi) is 4.82. The minimum Gasteiger partial charge on any atom is -0.338 e. The number of piperidine rings is 1. The SMILES string of the molecule is CC1CCCN(C(=O)c2c(Cl)ccc(S(N)(=O)=O)c2Cl)C1. The van der Waals surface area contributed by atoms with Crippen molar-refractivity contribution in [3.63, 3.8) is 0 Å². The van der Waals surface area contributed by atoms with Gasteiger partial charge in [0.15, 0.2) is 0 Å². The number of benzene rings is 1. The summed E-state index contributed by atoms with van der Waals surface area (Å²) in [5.74, 6) is 0.0312.